The van der Waals surface area contributed by atoms with Gasteiger partial charge in [-0.25, -0.2) is 0 Å². The van der Waals surface area contributed by atoms with E-state index >= 15 is 0 Å². The van der Waals surface area contributed by atoms with Crippen LogP contribution in [0.3, 0.4) is 0 Å². The van der Waals surface area contributed by atoms with Crippen molar-refractivity contribution in [2.24, 2.45) is 0 Å². The first-order chi connectivity index (χ1) is 8.78. The fourth-order valence-corrected chi connectivity index (χ4v) is 1.91. The van der Waals surface area contributed by atoms with Crippen LogP contribution in [-0.4, -0.2) is 22.3 Å². The zero-order chi connectivity index (χ0) is 12.5. The fourth-order valence-electron chi connectivity index (χ4n) is 1.91. The molecule has 0 atom stereocenters. The summed E-state index contributed by atoms with van der Waals surface area (Å²) in [6.07, 6.45) is 3.41. The van der Waals surface area contributed by atoms with Crippen LogP contribution in [0.2, 0.25) is 0 Å². The van der Waals surface area contributed by atoms with Crippen LogP contribution in [0.15, 0.2) is 36.7 Å². The van der Waals surface area contributed by atoms with Gasteiger partial charge in [-0.1, -0.05) is 0 Å². The van der Waals surface area contributed by atoms with Crippen LogP contribution in [0.5, 0.6) is 5.75 Å². The second-order valence-corrected chi connectivity index (χ2v) is 3.99. The lowest BCUT2D eigenvalue weighted by Gasteiger charge is -2.02. The molecule has 0 bridgehead atoms. The third kappa shape index (κ3) is 1.66. The van der Waals surface area contributed by atoms with Crippen LogP contribution in [0, 0.1) is 0 Å². The van der Waals surface area contributed by atoms with E-state index in [2.05, 4.69) is 15.2 Å². The van der Waals surface area contributed by atoms with Crippen LogP contribution in [0.1, 0.15) is 0 Å². The Morgan fingerprint density at radius 2 is 2.11 bits per heavy atom. The van der Waals surface area contributed by atoms with Gasteiger partial charge in [-0.15, -0.1) is 0 Å². The summed E-state index contributed by atoms with van der Waals surface area (Å²) < 4.78 is 5.16. The highest BCUT2D eigenvalue weighted by molar-refractivity contribution is 5.94. The second kappa shape index (κ2) is 4.03. The summed E-state index contributed by atoms with van der Waals surface area (Å²) in [5.41, 5.74) is 9.18. The number of aromatic amines is 1. The van der Waals surface area contributed by atoms with Gasteiger partial charge < -0.3 is 10.5 Å². The van der Waals surface area contributed by atoms with Crippen molar-refractivity contribution in [3.8, 4) is 17.0 Å². The number of H-pyrrole nitrogens is 1. The third-order valence-corrected chi connectivity index (χ3v) is 2.81. The van der Waals surface area contributed by atoms with Gasteiger partial charge in [0.15, 0.2) is 0 Å². The SMILES string of the molecule is COc1cncc(-c2n[nH]c3ccc(N)cc23)c1. The van der Waals surface area contributed by atoms with E-state index in [1.807, 2.05) is 24.3 Å². The predicted molar refractivity (Wildman–Crippen MR) is 70.3 cm³/mol. The van der Waals surface area contributed by atoms with Crippen LogP contribution < -0.4 is 10.5 Å². The maximum absolute atomic E-state index is 5.80. The molecular weight excluding hydrogens is 228 g/mol. The Bertz CT molecular complexity index is 705. The molecule has 3 aromatic rings. The Morgan fingerprint density at radius 3 is 2.94 bits per heavy atom. The van der Waals surface area contributed by atoms with Crippen molar-refractivity contribution in [1.82, 2.24) is 15.2 Å². The lowest BCUT2D eigenvalue weighted by molar-refractivity contribution is 0.413. The van der Waals surface area contributed by atoms with E-state index in [1.54, 1.807) is 19.5 Å². The molecular formula is C13H12N4O. The zero-order valence-corrected chi connectivity index (χ0v) is 9.84. The van der Waals surface area contributed by atoms with Gasteiger partial charge in [0.05, 0.1) is 18.8 Å². The summed E-state index contributed by atoms with van der Waals surface area (Å²) >= 11 is 0. The lowest BCUT2D eigenvalue weighted by Crippen LogP contribution is -1.87. The average Bonchev–Trinajstić information content (AvgIpc) is 2.81. The van der Waals surface area contributed by atoms with Gasteiger partial charge in [0.25, 0.3) is 0 Å². The van der Waals surface area contributed by atoms with Crippen molar-refractivity contribution in [2.45, 2.75) is 0 Å². The van der Waals surface area contributed by atoms with E-state index in [4.69, 9.17) is 10.5 Å². The maximum atomic E-state index is 5.80. The average molecular weight is 240 g/mol. The maximum Gasteiger partial charge on any atom is 0.137 e. The number of nitrogens with one attached hydrogen (secondary N) is 1. The first kappa shape index (κ1) is 10.6. The largest absolute Gasteiger partial charge is 0.495 e. The van der Waals surface area contributed by atoms with Gasteiger partial charge in [-0.3, -0.25) is 10.1 Å². The molecule has 0 saturated heterocycles. The van der Waals surface area contributed by atoms with Gasteiger partial charge in [0, 0.05) is 22.8 Å². The van der Waals surface area contributed by atoms with Crippen molar-refractivity contribution >= 4 is 16.6 Å². The summed E-state index contributed by atoms with van der Waals surface area (Å²) in [6.45, 7) is 0. The fraction of sp³-hybridized carbons (Fsp3) is 0.0769. The third-order valence-electron chi connectivity index (χ3n) is 2.81. The number of hydrogen-bond donors (Lipinski definition) is 2. The minimum atomic E-state index is 0.701. The van der Waals surface area contributed by atoms with Gasteiger partial charge in [0.1, 0.15) is 11.4 Å². The van der Waals surface area contributed by atoms with Crippen LogP contribution in [-0.2, 0) is 0 Å². The second-order valence-electron chi connectivity index (χ2n) is 3.99. The quantitative estimate of drug-likeness (QED) is 0.673. The highest BCUT2D eigenvalue weighted by Crippen LogP contribution is 2.28. The summed E-state index contributed by atoms with van der Waals surface area (Å²) in [7, 11) is 1.61. The number of nitrogens with zero attached hydrogens (tertiary/aromatic N) is 2. The number of methoxy groups -OCH3 is 1. The van der Waals surface area contributed by atoms with Crippen molar-refractivity contribution < 1.29 is 4.74 Å². The van der Waals surface area contributed by atoms with Crippen molar-refractivity contribution in [2.75, 3.05) is 12.8 Å². The Balaban J connectivity index is 2.21. The van der Waals surface area contributed by atoms with Gasteiger partial charge in [-0.2, -0.15) is 5.10 Å². The van der Waals surface area contributed by atoms with Gasteiger partial charge in [-0.05, 0) is 24.3 Å². The molecule has 3 rings (SSSR count). The van der Waals surface area contributed by atoms with Gasteiger partial charge in [0.2, 0.25) is 0 Å². The van der Waals surface area contributed by atoms with Crippen molar-refractivity contribution in [3.05, 3.63) is 36.7 Å². The monoisotopic (exact) mass is 240 g/mol. The molecule has 1 aromatic carbocycles. The van der Waals surface area contributed by atoms with Crippen molar-refractivity contribution in [3.63, 3.8) is 0 Å². The van der Waals surface area contributed by atoms with E-state index in [0.717, 1.165) is 22.2 Å². The molecule has 3 N–H and O–H groups in total. The number of ether oxygens (including phenoxy) is 1. The van der Waals surface area contributed by atoms with Crippen molar-refractivity contribution in [1.29, 1.82) is 0 Å². The molecule has 0 aliphatic carbocycles. The normalized spacial score (nSPS) is 10.7. The van der Waals surface area contributed by atoms with Crippen LogP contribution >= 0.6 is 0 Å². The molecule has 18 heavy (non-hydrogen) atoms. The molecule has 0 aliphatic rings. The number of rotatable bonds is 2. The highest BCUT2D eigenvalue weighted by Gasteiger charge is 2.09. The highest BCUT2D eigenvalue weighted by atomic mass is 16.5. The number of aromatic nitrogens is 3. The molecule has 0 saturated carbocycles. The Kier molecular flexibility index (Phi) is 2.37. The minimum absolute atomic E-state index is 0.701. The molecule has 5 nitrogen and oxygen atoms in total. The number of hydrogen-bond acceptors (Lipinski definition) is 4. The standard InChI is InChI=1S/C13H12N4O/c1-18-10-4-8(6-15-7-10)13-11-5-9(14)2-3-12(11)16-17-13/h2-7H,14H2,1H3,(H,16,17). The number of fused-ring (bicyclic) bond motifs is 1. The molecule has 0 fully saturated rings. The topological polar surface area (TPSA) is 76.8 Å². The molecule has 2 heterocycles. The first-order valence-corrected chi connectivity index (χ1v) is 5.51. The number of nitrogens with two attached hydrogens (primary N) is 1. The molecule has 5 heteroatoms. The van der Waals surface area contributed by atoms with E-state index in [9.17, 15) is 0 Å². The molecule has 0 unspecified atom stereocenters. The zero-order valence-electron chi connectivity index (χ0n) is 9.84. The Labute approximate surface area is 104 Å². The molecule has 90 valence electrons. The minimum Gasteiger partial charge on any atom is -0.495 e. The number of benzene rings is 1. The van der Waals surface area contributed by atoms with Crippen LogP contribution in [0.4, 0.5) is 5.69 Å². The molecule has 0 amide bonds. The van der Waals surface area contributed by atoms with Crippen LogP contribution in [0.25, 0.3) is 22.2 Å². The smallest absolute Gasteiger partial charge is 0.137 e. The molecule has 0 aliphatic heterocycles. The first-order valence-electron chi connectivity index (χ1n) is 5.51. The Hall–Kier alpha value is -2.56. The molecule has 0 spiro atoms. The summed E-state index contributed by atoms with van der Waals surface area (Å²) in [5, 5.41) is 8.26. The van der Waals surface area contributed by atoms with Gasteiger partial charge >= 0.3 is 0 Å². The lowest BCUT2D eigenvalue weighted by atomic mass is 10.1. The van der Waals surface area contributed by atoms with E-state index in [0.29, 0.717) is 11.4 Å². The summed E-state index contributed by atoms with van der Waals surface area (Å²) in [4.78, 5) is 4.13. The van der Waals surface area contributed by atoms with E-state index < -0.39 is 0 Å². The summed E-state index contributed by atoms with van der Waals surface area (Å²) in [5.74, 6) is 0.701. The Morgan fingerprint density at radius 1 is 1.22 bits per heavy atom. The number of anilines is 1. The van der Waals surface area contributed by atoms with E-state index in [1.165, 1.54) is 0 Å². The summed E-state index contributed by atoms with van der Waals surface area (Å²) in [6, 6.07) is 7.54. The number of nitrogen functional groups attached to an aromatic ring is 1. The number of pyridine rings is 1. The van der Waals surface area contributed by atoms with E-state index in [-0.39, 0.29) is 0 Å². The predicted octanol–water partition coefficient (Wildman–Crippen LogP) is 2.22. The molecule has 0 radical (unpaired) electrons. The molecule has 2 aromatic heterocycles.